The van der Waals surface area contributed by atoms with Crippen molar-refractivity contribution in [1.29, 1.82) is 0 Å². The number of thioether (sulfide) groups is 1. The van der Waals surface area contributed by atoms with Crippen molar-refractivity contribution in [2.24, 2.45) is 5.92 Å². The first-order valence-electron chi connectivity index (χ1n) is 7.22. The summed E-state index contributed by atoms with van der Waals surface area (Å²) in [4.78, 5) is 2.71. The van der Waals surface area contributed by atoms with Gasteiger partial charge in [0.25, 0.3) is 0 Å². The highest BCUT2D eigenvalue weighted by atomic mass is 32.2. The zero-order valence-corrected chi connectivity index (χ0v) is 12.5. The Morgan fingerprint density at radius 2 is 2.18 bits per heavy atom. The van der Waals surface area contributed by atoms with E-state index in [0.717, 1.165) is 5.92 Å². The molecule has 0 spiro atoms. The Hall–Kier alpha value is 0.270. The highest BCUT2D eigenvalue weighted by Crippen LogP contribution is 2.41. The molecule has 17 heavy (non-hydrogen) atoms. The van der Waals surface area contributed by atoms with Gasteiger partial charge in [0.1, 0.15) is 0 Å². The molecule has 2 rings (SSSR count). The molecule has 2 unspecified atom stereocenters. The van der Waals surface area contributed by atoms with Crippen molar-refractivity contribution in [3.63, 3.8) is 0 Å². The third-order valence-electron chi connectivity index (χ3n) is 4.37. The first kappa shape index (κ1) is 13.7. The molecule has 0 aromatic carbocycles. The van der Waals surface area contributed by atoms with Crippen LogP contribution >= 0.6 is 11.8 Å². The van der Waals surface area contributed by atoms with Gasteiger partial charge in [-0.1, -0.05) is 6.92 Å². The van der Waals surface area contributed by atoms with Gasteiger partial charge >= 0.3 is 0 Å². The Bertz CT molecular complexity index is 242. The highest BCUT2D eigenvalue weighted by molar-refractivity contribution is 7.99. The van der Waals surface area contributed by atoms with Crippen molar-refractivity contribution >= 4 is 11.8 Å². The van der Waals surface area contributed by atoms with Crippen LogP contribution in [0.4, 0.5) is 0 Å². The predicted octanol–water partition coefficient (Wildman–Crippen LogP) is 2.59. The Labute approximate surface area is 111 Å². The van der Waals surface area contributed by atoms with Crippen LogP contribution in [0, 0.1) is 5.92 Å². The summed E-state index contributed by atoms with van der Waals surface area (Å²) in [6.45, 7) is 10.8. The number of nitrogens with zero attached hydrogens (tertiary/aromatic N) is 1. The lowest BCUT2D eigenvalue weighted by Crippen LogP contribution is -2.63. The second kappa shape index (κ2) is 5.94. The van der Waals surface area contributed by atoms with Gasteiger partial charge in [0.15, 0.2) is 0 Å². The van der Waals surface area contributed by atoms with E-state index in [0.29, 0.717) is 11.6 Å². The van der Waals surface area contributed by atoms with Gasteiger partial charge in [0.05, 0.1) is 0 Å². The second-order valence-corrected chi connectivity index (χ2v) is 7.34. The average molecular weight is 256 g/mol. The second-order valence-electron chi connectivity index (χ2n) is 5.94. The lowest BCUT2D eigenvalue weighted by Gasteiger charge is -2.45. The maximum atomic E-state index is 3.79. The van der Waals surface area contributed by atoms with E-state index in [9.17, 15) is 0 Å². The summed E-state index contributed by atoms with van der Waals surface area (Å²) in [5.74, 6) is 3.53. The largest absolute Gasteiger partial charge is 0.308 e. The van der Waals surface area contributed by atoms with E-state index in [1.807, 2.05) is 0 Å². The van der Waals surface area contributed by atoms with Gasteiger partial charge in [0.2, 0.25) is 0 Å². The molecular weight excluding hydrogens is 228 g/mol. The molecule has 1 aliphatic heterocycles. The molecule has 0 bridgehead atoms. The van der Waals surface area contributed by atoms with Gasteiger partial charge in [-0.15, -0.1) is 0 Å². The maximum Gasteiger partial charge on any atom is 0.0309 e. The van der Waals surface area contributed by atoms with Gasteiger partial charge in [0, 0.05) is 24.7 Å². The standard InChI is InChI=1S/C14H28N2S/c1-4-17-9-5-8-16-11-14(3,13-6-7-13)15-10-12(16)2/h12-13,15H,4-11H2,1-3H3. The maximum absolute atomic E-state index is 3.79. The van der Waals surface area contributed by atoms with Crippen molar-refractivity contribution in [1.82, 2.24) is 10.2 Å². The van der Waals surface area contributed by atoms with Crippen LogP contribution in [-0.2, 0) is 0 Å². The van der Waals surface area contributed by atoms with Crippen LogP contribution in [-0.4, -0.2) is 47.6 Å². The van der Waals surface area contributed by atoms with Gasteiger partial charge in [-0.05, 0) is 57.1 Å². The fourth-order valence-corrected chi connectivity index (χ4v) is 3.57. The SMILES string of the molecule is CCSCCCN1CC(C)(C2CC2)NCC1C. The Morgan fingerprint density at radius 3 is 2.82 bits per heavy atom. The summed E-state index contributed by atoms with van der Waals surface area (Å²) >= 11 is 2.07. The molecule has 1 aliphatic carbocycles. The van der Waals surface area contributed by atoms with Gasteiger partial charge in [-0.25, -0.2) is 0 Å². The van der Waals surface area contributed by atoms with Crippen LogP contribution in [0.25, 0.3) is 0 Å². The number of piperazine rings is 1. The number of hydrogen-bond acceptors (Lipinski definition) is 3. The van der Waals surface area contributed by atoms with Crippen molar-refractivity contribution in [2.45, 2.75) is 51.6 Å². The van der Waals surface area contributed by atoms with E-state index < -0.39 is 0 Å². The molecule has 3 heteroatoms. The van der Waals surface area contributed by atoms with Crippen molar-refractivity contribution in [2.75, 3.05) is 31.1 Å². The normalized spacial score (nSPS) is 35.1. The number of nitrogens with one attached hydrogen (secondary N) is 1. The first-order chi connectivity index (χ1) is 8.15. The van der Waals surface area contributed by atoms with E-state index in [1.54, 1.807) is 0 Å². The molecule has 1 N–H and O–H groups in total. The Kier molecular flexibility index (Phi) is 4.79. The quantitative estimate of drug-likeness (QED) is 0.735. The Balaban J connectivity index is 1.78. The number of rotatable bonds is 6. The molecule has 0 aromatic heterocycles. The molecule has 0 aromatic rings. The van der Waals surface area contributed by atoms with Gasteiger partial charge in [-0.2, -0.15) is 11.8 Å². The van der Waals surface area contributed by atoms with Crippen LogP contribution in [0.3, 0.4) is 0 Å². The molecule has 2 fully saturated rings. The zero-order valence-electron chi connectivity index (χ0n) is 11.7. The minimum Gasteiger partial charge on any atom is -0.308 e. The topological polar surface area (TPSA) is 15.3 Å². The van der Waals surface area contributed by atoms with E-state index in [2.05, 4.69) is 42.7 Å². The van der Waals surface area contributed by atoms with Crippen molar-refractivity contribution in [3.05, 3.63) is 0 Å². The fraction of sp³-hybridized carbons (Fsp3) is 1.00. The zero-order chi connectivity index (χ0) is 12.3. The summed E-state index contributed by atoms with van der Waals surface area (Å²) in [6, 6.07) is 0.716. The van der Waals surface area contributed by atoms with Crippen LogP contribution in [0.1, 0.15) is 40.0 Å². The lowest BCUT2D eigenvalue weighted by molar-refractivity contribution is 0.0838. The molecule has 0 radical (unpaired) electrons. The van der Waals surface area contributed by atoms with E-state index in [1.165, 1.54) is 50.4 Å². The number of hydrogen-bond donors (Lipinski definition) is 1. The molecule has 1 saturated heterocycles. The van der Waals surface area contributed by atoms with E-state index >= 15 is 0 Å². The van der Waals surface area contributed by atoms with Gasteiger partial charge < -0.3 is 5.32 Å². The molecule has 0 amide bonds. The average Bonchev–Trinajstić information content (AvgIpc) is 3.13. The Morgan fingerprint density at radius 1 is 1.41 bits per heavy atom. The fourth-order valence-electron chi connectivity index (χ4n) is 2.95. The summed E-state index contributed by atoms with van der Waals surface area (Å²) in [6.07, 6.45) is 4.23. The molecule has 2 atom stereocenters. The summed E-state index contributed by atoms with van der Waals surface area (Å²) < 4.78 is 0. The molecule has 1 saturated carbocycles. The molecule has 100 valence electrons. The monoisotopic (exact) mass is 256 g/mol. The first-order valence-corrected chi connectivity index (χ1v) is 8.38. The minimum atomic E-state index is 0.407. The van der Waals surface area contributed by atoms with Crippen molar-refractivity contribution in [3.8, 4) is 0 Å². The minimum absolute atomic E-state index is 0.407. The van der Waals surface area contributed by atoms with E-state index in [4.69, 9.17) is 0 Å². The van der Waals surface area contributed by atoms with E-state index in [-0.39, 0.29) is 0 Å². The third-order valence-corrected chi connectivity index (χ3v) is 5.36. The highest BCUT2D eigenvalue weighted by Gasteiger charge is 2.44. The predicted molar refractivity (Wildman–Crippen MR) is 77.8 cm³/mol. The molecule has 2 nitrogen and oxygen atoms in total. The van der Waals surface area contributed by atoms with Crippen LogP contribution in [0.5, 0.6) is 0 Å². The summed E-state index contributed by atoms with van der Waals surface area (Å²) in [5.41, 5.74) is 0.407. The molecule has 2 aliphatic rings. The molecule has 1 heterocycles. The third kappa shape index (κ3) is 3.62. The summed E-state index contributed by atoms with van der Waals surface area (Å²) in [7, 11) is 0. The van der Waals surface area contributed by atoms with Crippen LogP contribution in [0.2, 0.25) is 0 Å². The van der Waals surface area contributed by atoms with Crippen molar-refractivity contribution < 1.29 is 0 Å². The van der Waals surface area contributed by atoms with Crippen LogP contribution < -0.4 is 5.32 Å². The molecular formula is C14H28N2S. The lowest BCUT2D eigenvalue weighted by atomic mass is 9.91. The van der Waals surface area contributed by atoms with Crippen LogP contribution in [0.15, 0.2) is 0 Å². The van der Waals surface area contributed by atoms with Gasteiger partial charge in [-0.3, -0.25) is 4.90 Å². The smallest absolute Gasteiger partial charge is 0.0309 e. The summed E-state index contributed by atoms with van der Waals surface area (Å²) in [5, 5.41) is 3.79.